The number of benzene rings is 6. The molecule has 0 unspecified atom stereocenters. The van der Waals surface area contributed by atoms with Crippen molar-refractivity contribution >= 4 is 15.6 Å². The fraction of sp³-hybridized carbons (Fsp3) is 0.143. The second-order valence-corrected chi connectivity index (χ2v) is 15.3. The van der Waals surface area contributed by atoms with Crippen LogP contribution in [0.15, 0.2) is 170 Å². The van der Waals surface area contributed by atoms with Crippen LogP contribution in [0, 0.1) is 0 Å². The van der Waals surface area contributed by atoms with Crippen molar-refractivity contribution in [1.82, 2.24) is 0 Å². The zero-order valence-electron chi connectivity index (χ0n) is 28.4. The van der Waals surface area contributed by atoms with Crippen molar-refractivity contribution in [2.75, 3.05) is 0 Å². The summed E-state index contributed by atoms with van der Waals surface area (Å²) in [5.41, 5.74) is 1.91. The monoisotopic (exact) mass is 732 g/mol. The molecule has 1 aliphatic rings. The highest BCUT2D eigenvalue weighted by atomic mass is 31.2. The maximum Gasteiger partial charge on any atom is 0.647 e. The van der Waals surface area contributed by atoms with Gasteiger partial charge < -0.3 is 27.1 Å². The molecule has 0 aromatic heterocycles. The van der Waals surface area contributed by atoms with Crippen LogP contribution in [0.1, 0.15) is 43.2 Å². The van der Waals surface area contributed by atoms with Crippen LogP contribution < -0.4 is 27.1 Å². The third-order valence-corrected chi connectivity index (χ3v) is 11.4. The molecule has 0 saturated heterocycles. The Labute approximate surface area is 304 Å². The molecule has 1 fully saturated rings. The lowest BCUT2D eigenvalue weighted by Gasteiger charge is -2.38. The van der Waals surface area contributed by atoms with E-state index in [0.717, 1.165) is 43.2 Å². The van der Waals surface area contributed by atoms with Gasteiger partial charge in [0.15, 0.2) is 0 Å². The average Bonchev–Trinajstić information content (AvgIpc) is 3.17. The lowest BCUT2D eigenvalue weighted by Crippen LogP contribution is -2.30. The van der Waals surface area contributed by atoms with E-state index in [2.05, 4.69) is 0 Å². The maximum absolute atomic E-state index is 14.0. The van der Waals surface area contributed by atoms with Crippen LogP contribution in [0.3, 0.4) is 0 Å². The topological polar surface area (TPSA) is 89.5 Å². The van der Waals surface area contributed by atoms with Crippen molar-refractivity contribution in [1.29, 1.82) is 0 Å². The number of hydrogen-bond acceptors (Lipinski definition) is 8. The summed E-state index contributed by atoms with van der Waals surface area (Å²) in [7, 11) is -8.27. The minimum atomic E-state index is -4.13. The standard InChI is InChI=1S/C42H38O8P2/c43-51(45-36-16-6-1-7-17-36,46-37-18-8-2-9-19-37)49-40-28-24-34(25-29-40)42(32-14-5-15-33-42)35-26-30-41(31-27-35)50-52(44,47-38-20-10-3-11-21-38)48-39-22-12-4-13-23-39/h1-4,6-13,16-31H,5,14-15,32-33H2. The number of phosphoric ester groups is 2. The second-order valence-electron chi connectivity index (χ2n) is 12.4. The third kappa shape index (κ3) is 8.71. The molecule has 1 aliphatic carbocycles. The first-order valence-corrected chi connectivity index (χ1v) is 20.1. The quantitative estimate of drug-likeness (QED) is 0.102. The first-order chi connectivity index (χ1) is 25.4. The number of para-hydroxylation sites is 4. The molecule has 0 heterocycles. The van der Waals surface area contributed by atoms with Gasteiger partial charge in [-0.2, -0.15) is 9.13 Å². The molecule has 0 amide bonds. The highest BCUT2D eigenvalue weighted by Gasteiger charge is 2.38. The number of phosphoric acid groups is 2. The molecule has 52 heavy (non-hydrogen) atoms. The normalized spacial score (nSPS) is 14.1. The van der Waals surface area contributed by atoms with Crippen LogP contribution in [0.25, 0.3) is 0 Å². The number of hydrogen-bond donors (Lipinski definition) is 0. The summed E-state index contributed by atoms with van der Waals surface area (Å²) < 4.78 is 63.3. The summed E-state index contributed by atoms with van der Waals surface area (Å²) in [6.07, 6.45) is 5.15. The van der Waals surface area contributed by atoms with E-state index < -0.39 is 15.6 Å². The Morgan fingerprint density at radius 2 is 0.577 bits per heavy atom. The van der Waals surface area contributed by atoms with Crippen molar-refractivity contribution in [3.63, 3.8) is 0 Å². The van der Waals surface area contributed by atoms with Gasteiger partial charge in [-0.3, -0.25) is 0 Å². The summed E-state index contributed by atoms with van der Waals surface area (Å²) in [4.78, 5) is 0. The van der Waals surface area contributed by atoms with Crippen LogP contribution in [-0.4, -0.2) is 0 Å². The van der Waals surface area contributed by atoms with Crippen LogP contribution in [0.2, 0.25) is 0 Å². The van der Waals surface area contributed by atoms with Gasteiger partial charge in [-0.1, -0.05) is 116 Å². The average molecular weight is 733 g/mol. The number of rotatable bonds is 14. The van der Waals surface area contributed by atoms with Gasteiger partial charge in [-0.05, 0) is 96.8 Å². The SMILES string of the molecule is O=P(Oc1ccccc1)(Oc1ccccc1)Oc1ccc(C2(c3ccc(OP(=O)(Oc4ccccc4)Oc4ccccc4)cc3)CCCCC2)cc1. The minimum Gasteiger partial charge on any atom is -0.386 e. The minimum absolute atomic E-state index is 0.287. The molecule has 6 aromatic rings. The Kier molecular flexibility index (Phi) is 10.7. The predicted octanol–water partition coefficient (Wildman–Crippen LogP) is 12.2. The Morgan fingerprint density at radius 1 is 0.327 bits per heavy atom. The van der Waals surface area contributed by atoms with Gasteiger partial charge in [-0.15, -0.1) is 0 Å². The fourth-order valence-corrected chi connectivity index (χ4v) is 8.88. The molecule has 0 aliphatic heterocycles. The van der Waals surface area contributed by atoms with Crippen molar-refractivity contribution < 1.29 is 36.3 Å². The van der Waals surface area contributed by atoms with E-state index in [1.165, 1.54) is 0 Å². The van der Waals surface area contributed by atoms with Gasteiger partial charge >= 0.3 is 15.6 Å². The van der Waals surface area contributed by atoms with E-state index in [1.807, 2.05) is 48.5 Å². The summed E-state index contributed by atoms with van der Waals surface area (Å²) >= 11 is 0. The Balaban J connectivity index is 1.13. The molecular formula is C42H38O8P2. The van der Waals surface area contributed by atoms with Gasteiger partial charge in [0.2, 0.25) is 0 Å². The van der Waals surface area contributed by atoms with E-state index in [-0.39, 0.29) is 5.41 Å². The molecule has 8 nitrogen and oxygen atoms in total. The van der Waals surface area contributed by atoms with E-state index in [9.17, 15) is 9.13 Å². The predicted molar refractivity (Wildman–Crippen MR) is 201 cm³/mol. The highest BCUT2D eigenvalue weighted by Crippen LogP contribution is 2.52. The zero-order chi connectivity index (χ0) is 35.7. The van der Waals surface area contributed by atoms with Gasteiger partial charge in [0, 0.05) is 5.41 Å². The van der Waals surface area contributed by atoms with E-state index in [1.54, 1.807) is 121 Å². The molecule has 7 rings (SSSR count). The fourth-order valence-electron chi connectivity index (χ4n) is 6.38. The van der Waals surface area contributed by atoms with Gasteiger partial charge in [0.1, 0.15) is 34.5 Å². The molecule has 6 aromatic carbocycles. The van der Waals surface area contributed by atoms with Gasteiger partial charge in [-0.25, -0.2) is 0 Å². The molecular weight excluding hydrogens is 694 g/mol. The summed E-state index contributed by atoms with van der Waals surface area (Å²) in [5, 5.41) is 0. The molecule has 0 atom stereocenters. The summed E-state index contributed by atoms with van der Waals surface area (Å²) in [6, 6.07) is 50.5. The van der Waals surface area contributed by atoms with Gasteiger partial charge in [0.25, 0.3) is 0 Å². The van der Waals surface area contributed by atoms with Gasteiger partial charge in [0.05, 0.1) is 0 Å². The molecule has 10 heteroatoms. The van der Waals surface area contributed by atoms with Crippen molar-refractivity contribution in [2.24, 2.45) is 0 Å². The molecule has 0 bridgehead atoms. The molecule has 0 spiro atoms. The van der Waals surface area contributed by atoms with Crippen LogP contribution >= 0.6 is 15.6 Å². The Morgan fingerprint density at radius 3 is 0.846 bits per heavy atom. The highest BCUT2D eigenvalue weighted by molar-refractivity contribution is 7.50. The Bertz CT molecular complexity index is 1870. The lowest BCUT2D eigenvalue weighted by molar-refractivity contribution is 0.296. The summed E-state index contributed by atoms with van der Waals surface area (Å²) in [6.45, 7) is 0. The van der Waals surface area contributed by atoms with Crippen molar-refractivity contribution in [2.45, 2.75) is 37.5 Å². The Hall–Kier alpha value is -5.42. The molecule has 0 radical (unpaired) electrons. The van der Waals surface area contributed by atoms with Crippen LogP contribution in [0.4, 0.5) is 0 Å². The first kappa shape index (κ1) is 35.0. The van der Waals surface area contributed by atoms with Crippen LogP contribution in [0.5, 0.6) is 34.5 Å². The smallest absolute Gasteiger partial charge is 0.386 e. The lowest BCUT2D eigenvalue weighted by atomic mass is 9.65. The van der Waals surface area contributed by atoms with Crippen LogP contribution in [-0.2, 0) is 14.5 Å². The third-order valence-electron chi connectivity index (χ3n) is 8.80. The molecule has 0 N–H and O–H groups in total. The van der Waals surface area contributed by atoms with E-state index >= 15 is 0 Å². The largest absolute Gasteiger partial charge is 0.647 e. The maximum atomic E-state index is 14.0. The second kappa shape index (κ2) is 15.9. The van der Waals surface area contributed by atoms with Crippen molar-refractivity contribution in [3.8, 4) is 34.5 Å². The van der Waals surface area contributed by atoms with E-state index in [0.29, 0.717) is 34.5 Å². The first-order valence-electron chi connectivity index (χ1n) is 17.2. The zero-order valence-corrected chi connectivity index (χ0v) is 30.2. The molecule has 264 valence electrons. The summed E-state index contributed by atoms with van der Waals surface area (Å²) in [5.74, 6) is 2.15. The van der Waals surface area contributed by atoms with Crippen molar-refractivity contribution in [3.05, 3.63) is 181 Å². The molecule has 1 saturated carbocycles. The van der Waals surface area contributed by atoms with E-state index in [4.69, 9.17) is 27.1 Å².